The summed E-state index contributed by atoms with van der Waals surface area (Å²) in [4.78, 5) is 0. The van der Waals surface area contributed by atoms with Crippen molar-refractivity contribution in [3.05, 3.63) is 65.7 Å². The molecular weight excluding hydrogens is 222 g/mol. The van der Waals surface area contributed by atoms with Gasteiger partial charge in [-0.2, -0.15) is 0 Å². The Labute approximate surface area is 108 Å². The van der Waals surface area contributed by atoms with E-state index >= 15 is 0 Å². The molecular formula is C16H19NO. The molecule has 0 saturated carbocycles. The molecule has 0 saturated heterocycles. The van der Waals surface area contributed by atoms with Gasteiger partial charge in [-0.05, 0) is 36.2 Å². The molecule has 0 amide bonds. The Bertz CT molecular complexity index is 464. The van der Waals surface area contributed by atoms with Crippen LogP contribution in [0.5, 0.6) is 5.75 Å². The highest BCUT2D eigenvalue weighted by molar-refractivity contribution is 5.29. The van der Waals surface area contributed by atoms with Crippen LogP contribution in [0.15, 0.2) is 54.6 Å². The number of nitrogens with two attached hydrogens (primary N) is 1. The van der Waals surface area contributed by atoms with Gasteiger partial charge in [-0.25, -0.2) is 0 Å². The Balaban J connectivity index is 2.10. The van der Waals surface area contributed by atoms with Crippen molar-refractivity contribution in [2.75, 3.05) is 13.7 Å². The quantitative estimate of drug-likeness (QED) is 0.873. The average molecular weight is 241 g/mol. The van der Waals surface area contributed by atoms with E-state index in [9.17, 15) is 0 Å². The molecule has 2 aromatic carbocycles. The topological polar surface area (TPSA) is 35.2 Å². The molecule has 0 aliphatic rings. The number of hydrogen-bond acceptors (Lipinski definition) is 2. The molecule has 0 aliphatic heterocycles. The molecule has 0 aromatic heterocycles. The Morgan fingerprint density at radius 2 is 1.67 bits per heavy atom. The predicted molar refractivity (Wildman–Crippen MR) is 74.9 cm³/mol. The lowest BCUT2D eigenvalue weighted by Gasteiger charge is -2.15. The minimum Gasteiger partial charge on any atom is -0.497 e. The summed E-state index contributed by atoms with van der Waals surface area (Å²) in [5.74, 6) is 1.27. The van der Waals surface area contributed by atoms with Crippen LogP contribution in [0.3, 0.4) is 0 Å². The zero-order valence-electron chi connectivity index (χ0n) is 10.7. The summed E-state index contributed by atoms with van der Waals surface area (Å²) in [7, 11) is 1.68. The van der Waals surface area contributed by atoms with Gasteiger partial charge in [0.25, 0.3) is 0 Å². The molecule has 0 bridgehead atoms. The number of benzene rings is 2. The molecule has 1 atom stereocenters. The van der Waals surface area contributed by atoms with Crippen molar-refractivity contribution in [1.82, 2.24) is 0 Å². The third-order valence-electron chi connectivity index (χ3n) is 3.20. The fourth-order valence-corrected chi connectivity index (χ4v) is 2.11. The second-order valence-electron chi connectivity index (χ2n) is 4.40. The van der Waals surface area contributed by atoms with Crippen molar-refractivity contribution in [3.8, 4) is 5.75 Å². The molecule has 2 N–H and O–H groups in total. The van der Waals surface area contributed by atoms with Gasteiger partial charge in [0, 0.05) is 5.92 Å². The molecule has 2 rings (SSSR count). The second kappa shape index (κ2) is 6.22. The van der Waals surface area contributed by atoms with Crippen LogP contribution in [0.1, 0.15) is 17.0 Å². The maximum absolute atomic E-state index is 5.88. The van der Waals surface area contributed by atoms with Gasteiger partial charge in [0.2, 0.25) is 0 Å². The minimum atomic E-state index is 0.375. The van der Waals surface area contributed by atoms with Gasteiger partial charge >= 0.3 is 0 Å². The molecule has 0 spiro atoms. The molecule has 0 radical (unpaired) electrons. The van der Waals surface area contributed by atoms with Gasteiger partial charge in [-0.15, -0.1) is 0 Å². The van der Waals surface area contributed by atoms with E-state index in [-0.39, 0.29) is 0 Å². The molecule has 18 heavy (non-hydrogen) atoms. The van der Waals surface area contributed by atoms with Crippen molar-refractivity contribution in [2.24, 2.45) is 5.73 Å². The Morgan fingerprint density at radius 1 is 1.00 bits per heavy atom. The molecule has 2 aromatic rings. The van der Waals surface area contributed by atoms with Crippen molar-refractivity contribution < 1.29 is 4.74 Å². The van der Waals surface area contributed by atoms with Crippen LogP contribution < -0.4 is 10.5 Å². The number of hydrogen-bond donors (Lipinski definition) is 1. The van der Waals surface area contributed by atoms with E-state index < -0.39 is 0 Å². The third kappa shape index (κ3) is 3.11. The largest absolute Gasteiger partial charge is 0.497 e. The SMILES string of the molecule is COc1ccc(C[C@H](CN)c2ccccc2)cc1. The molecule has 0 aliphatic carbocycles. The van der Waals surface area contributed by atoms with E-state index in [0.717, 1.165) is 12.2 Å². The first-order valence-corrected chi connectivity index (χ1v) is 6.21. The van der Waals surface area contributed by atoms with Crippen LogP contribution >= 0.6 is 0 Å². The highest BCUT2D eigenvalue weighted by atomic mass is 16.5. The lowest BCUT2D eigenvalue weighted by Crippen LogP contribution is -2.14. The predicted octanol–water partition coefficient (Wildman–Crippen LogP) is 2.98. The van der Waals surface area contributed by atoms with E-state index in [2.05, 4.69) is 36.4 Å². The maximum atomic E-state index is 5.88. The van der Waals surface area contributed by atoms with Gasteiger partial charge in [0.15, 0.2) is 0 Å². The van der Waals surface area contributed by atoms with Crippen molar-refractivity contribution in [1.29, 1.82) is 0 Å². The summed E-state index contributed by atoms with van der Waals surface area (Å²) in [6.45, 7) is 0.663. The summed E-state index contributed by atoms with van der Waals surface area (Å²) in [6, 6.07) is 18.6. The summed E-state index contributed by atoms with van der Waals surface area (Å²) in [5, 5.41) is 0. The fourth-order valence-electron chi connectivity index (χ4n) is 2.11. The van der Waals surface area contributed by atoms with Crippen LogP contribution in [0.2, 0.25) is 0 Å². The van der Waals surface area contributed by atoms with Gasteiger partial charge < -0.3 is 10.5 Å². The molecule has 0 fully saturated rings. The molecule has 2 nitrogen and oxygen atoms in total. The standard InChI is InChI=1S/C16H19NO/c1-18-16-9-7-13(8-10-16)11-15(12-17)14-5-3-2-4-6-14/h2-10,15H,11-12,17H2,1H3/t15-/m1/s1. The Morgan fingerprint density at radius 3 is 2.22 bits per heavy atom. The zero-order chi connectivity index (χ0) is 12.8. The van der Waals surface area contributed by atoms with Gasteiger partial charge in [0.1, 0.15) is 5.75 Å². The molecule has 0 heterocycles. The monoisotopic (exact) mass is 241 g/mol. The Kier molecular flexibility index (Phi) is 4.37. The van der Waals surface area contributed by atoms with Crippen molar-refractivity contribution >= 4 is 0 Å². The summed E-state index contributed by atoms with van der Waals surface area (Å²) < 4.78 is 5.16. The maximum Gasteiger partial charge on any atom is 0.118 e. The van der Waals surface area contributed by atoms with Crippen LogP contribution in [0.4, 0.5) is 0 Å². The van der Waals surface area contributed by atoms with Crippen LogP contribution in [0.25, 0.3) is 0 Å². The van der Waals surface area contributed by atoms with E-state index in [1.807, 2.05) is 18.2 Å². The van der Waals surface area contributed by atoms with E-state index in [4.69, 9.17) is 10.5 Å². The fraction of sp³-hybridized carbons (Fsp3) is 0.250. The number of ether oxygens (including phenoxy) is 1. The summed E-state index contributed by atoms with van der Waals surface area (Å²) in [5.41, 5.74) is 8.47. The van der Waals surface area contributed by atoms with Crippen molar-refractivity contribution in [2.45, 2.75) is 12.3 Å². The van der Waals surface area contributed by atoms with Gasteiger partial charge in [-0.1, -0.05) is 42.5 Å². The van der Waals surface area contributed by atoms with E-state index in [1.165, 1.54) is 11.1 Å². The minimum absolute atomic E-state index is 0.375. The smallest absolute Gasteiger partial charge is 0.118 e. The lowest BCUT2D eigenvalue weighted by molar-refractivity contribution is 0.414. The number of rotatable bonds is 5. The first-order valence-electron chi connectivity index (χ1n) is 6.21. The van der Waals surface area contributed by atoms with Crippen LogP contribution in [-0.4, -0.2) is 13.7 Å². The molecule has 0 unspecified atom stereocenters. The third-order valence-corrected chi connectivity index (χ3v) is 3.20. The number of methoxy groups -OCH3 is 1. The van der Waals surface area contributed by atoms with Crippen molar-refractivity contribution in [3.63, 3.8) is 0 Å². The second-order valence-corrected chi connectivity index (χ2v) is 4.40. The summed E-state index contributed by atoms with van der Waals surface area (Å²) >= 11 is 0. The lowest BCUT2D eigenvalue weighted by atomic mass is 9.92. The van der Waals surface area contributed by atoms with E-state index in [1.54, 1.807) is 7.11 Å². The zero-order valence-corrected chi connectivity index (χ0v) is 10.7. The summed E-state index contributed by atoms with van der Waals surface area (Å²) in [6.07, 6.45) is 0.963. The van der Waals surface area contributed by atoms with Gasteiger partial charge in [-0.3, -0.25) is 0 Å². The Hall–Kier alpha value is -1.80. The highest BCUT2D eigenvalue weighted by Gasteiger charge is 2.10. The normalized spacial score (nSPS) is 12.1. The van der Waals surface area contributed by atoms with Gasteiger partial charge in [0.05, 0.1) is 7.11 Å². The molecule has 94 valence electrons. The first kappa shape index (κ1) is 12.7. The van der Waals surface area contributed by atoms with Crippen LogP contribution in [0, 0.1) is 0 Å². The molecule has 2 heteroatoms. The average Bonchev–Trinajstić information content (AvgIpc) is 2.46. The van der Waals surface area contributed by atoms with Crippen LogP contribution in [-0.2, 0) is 6.42 Å². The highest BCUT2D eigenvalue weighted by Crippen LogP contribution is 2.21. The first-order chi connectivity index (χ1) is 8.83. The van der Waals surface area contributed by atoms with E-state index in [0.29, 0.717) is 12.5 Å².